The van der Waals surface area contributed by atoms with Crippen molar-refractivity contribution in [2.75, 3.05) is 18.6 Å². The lowest BCUT2D eigenvalue weighted by molar-refractivity contribution is 0.580. The molecule has 3 rings (SSSR count). The minimum Gasteiger partial charge on any atom is -0.313 e. The summed E-state index contributed by atoms with van der Waals surface area (Å²) < 4.78 is 28.3. The summed E-state index contributed by atoms with van der Waals surface area (Å²) in [5, 5.41) is 0.865. The summed E-state index contributed by atoms with van der Waals surface area (Å²) in [4.78, 5) is 5.93. The van der Waals surface area contributed by atoms with Crippen LogP contribution in [0.1, 0.15) is 0 Å². The Bertz CT molecular complexity index is 805. The molecule has 0 bridgehead atoms. The van der Waals surface area contributed by atoms with Gasteiger partial charge < -0.3 is 4.90 Å². The molecule has 0 saturated carbocycles. The fourth-order valence-corrected chi connectivity index (χ4v) is 3.21. The van der Waals surface area contributed by atoms with Crippen LogP contribution in [0.15, 0.2) is 47.6 Å². The van der Waals surface area contributed by atoms with Crippen LogP contribution in [0.25, 0.3) is 10.9 Å². The summed E-state index contributed by atoms with van der Waals surface area (Å²) in [5.74, 6) is 0.564. The van der Waals surface area contributed by atoms with E-state index < -0.39 is 10.2 Å². The first kappa shape index (κ1) is 12.9. The molecule has 6 nitrogen and oxygen atoms in total. The van der Waals surface area contributed by atoms with E-state index in [1.807, 2.05) is 30.5 Å². The molecule has 0 amide bonds. The van der Waals surface area contributed by atoms with Crippen molar-refractivity contribution in [3.8, 4) is 0 Å². The third kappa shape index (κ3) is 2.00. The third-order valence-corrected chi connectivity index (χ3v) is 4.51. The smallest absolute Gasteiger partial charge is 0.306 e. The van der Waals surface area contributed by atoms with Crippen molar-refractivity contribution in [3.05, 3.63) is 42.6 Å². The third-order valence-electron chi connectivity index (χ3n) is 3.13. The summed E-state index contributed by atoms with van der Waals surface area (Å²) in [5.41, 5.74) is 0.639. The van der Waals surface area contributed by atoms with E-state index in [1.54, 1.807) is 23.3 Å². The number of benzene rings is 1. The molecule has 0 atom stereocenters. The lowest BCUT2D eigenvalue weighted by Gasteiger charge is -2.21. The van der Waals surface area contributed by atoms with Gasteiger partial charge in [-0.3, -0.25) is 4.99 Å². The van der Waals surface area contributed by atoms with E-state index in [-0.39, 0.29) is 0 Å². The number of aliphatic imine (C=N–C) groups is 1. The van der Waals surface area contributed by atoms with Crippen LogP contribution >= 0.6 is 0 Å². The summed E-state index contributed by atoms with van der Waals surface area (Å²) in [6.45, 7) is 0.395. The maximum atomic E-state index is 12.3. The van der Waals surface area contributed by atoms with E-state index >= 15 is 0 Å². The van der Waals surface area contributed by atoms with Crippen LogP contribution in [0.2, 0.25) is 0 Å². The van der Waals surface area contributed by atoms with Gasteiger partial charge in [0.2, 0.25) is 0 Å². The lowest BCUT2D eigenvalue weighted by atomic mass is 10.2. The van der Waals surface area contributed by atoms with Gasteiger partial charge in [-0.25, -0.2) is 8.69 Å². The van der Waals surface area contributed by atoms with E-state index in [0.29, 0.717) is 18.0 Å². The predicted octanol–water partition coefficient (Wildman–Crippen LogP) is 1.32. The Morgan fingerprint density at radius 2 is 2.10 bits per heavy atom. The number of anilines is 1. The molecule has 0 saturated heterocycles. The number of aromatic nitrogens is 1. The summed E-state index contributed by atoms with van der Waals surface area (Å²) in [6.07, 6.45) is 5.27. The lowest BCUT2D eigenvalue weighted by Crippen LogP contribution is -2.30. The molecule has 20 heavy (non-hydrogen) atoms. The summed E-state index contributed by atoms with van der Waals surface area (Å²) in [7, 11) is -2.22. The highest BCUT2D eigenvalue weighted by atomic mass is 32.2. The topological polar surface area (TPSA) is 66.7 Å². The molecule has 104 valence electrons. The highest BCUT2D eigenvalue weighted by molar-refractivity contribution is 7.88. The van der Waals surface area contributed by atoms with Gasteiger partial charge in [0.15, 0.2) is 0 Å². The first-order valence-electron chi connectivity index (χ1n) is 6.11. The number of hydrogen-bond acceptors (Lipinski definition) is 4. The van der Waals surface area contributed by atoms with Crippen LogP contribution < -0.4 is 9.62 Å². The average Bonchev–Trinajstić information content (AvgIpc) is 2.88. The Morgan fingerprint density at radius 1 is 1.30 bits per heavy atom. The number of fused-ring (bicyclic) bond motifs is 1. The van der Waals surface area contributed by atoms with Crippen molar-refractivity contribution in [3.63, 3.8) is 0 Å². The van der Waals surface area contributed by atoms with Crippen molar-refractivity contribution in [2.45, 2.75) is 0 Å². The molecule has 1 N–H and O–H groups in total. The van der Waals surface area contributed by atoms with Crippen molar-refractivity contribution in [1.29, 1.82) is 0 Å². The van der Waals surface area contributed by atoms with Crippen LogP contribution in [0.5, 0.6) is 0 Å². The van der Waals surface area contributed by atoms with Gasteiger partial charge in [0.25, 0.3) is 0 Å². The SMILES string of the molecule is CNS(=O)(=O)n1c(N2C=CC=NC2)cc2ccccc21. The van der Waals surface area contributed by atoms with Crippen molar-refractivity contribution in [1.82, 2.24) is 8.69 Å². The molecule has 7 heteroatoms. The van der Waals surface area contributed by atoms with Crippen molar-refractivity contribution >= 4 is 33.1 Å². The van der Waals surface area contributed by atoms with Gasteiger partial charge in [-0.05, 0) is 18.2 Å². The predicted molar refractivity (Wildman–Crippen MR) is 80.3 cm³/mol. The minimum absolute atomic E-state index is 0.395. The first-order valence-corrected chi connectivity index (χ1v) is 7.55. The molecule has 0 fully saturated rings. The van der Waals surface area contributed by atoms with E-state index in [9.17, 15) is 8.42 Å². The Labute approximate surface area is 117 Å². The fraction of sp³-hybridized carbons (Fsp3) is 0.154. The van der Waals surface area contributed by atoms with Gasteiger partial charge in [-0.15, -0.1) is 0 Å². The van der Waals surface area contributed by atoms with Crippen LogP contribution in [0.3, 0.4) is 0 Å². The molecule has 0 spiro atoms. The maximum Gasteiger partial charge on any atom is 0.306 e. The molecule has 2 aromatic rings. The van der Waals surface area contributed by atoms with Gasteiger partial charge in [0, 0.05) is 24.8 Å². The zero-order valence-corrected chi connectivity index (χ0v) is 11.7. The Balaban J connectivity index is 2.28. The molecular formula is C13H14N4O2S. The van der Waals surface area contributed by atoms with E-state index in [1.165, 1.54) is 11.0 Å². The van der Waals surface area contributed by atoms with Crippen molar-refractivity contribution < 1.29 is 8.42 Å². The van der Waals surface area contributed by atoms with Crippen LogP contribution in [-0.4, -0.2) is 32.3 Å². The quantitative estimate of drug-likeness (QED) is 0.927. The second-order valence-electron chi connectivity index (χ2n) is 4.32. The Hall–Kier alpha value is -2.12. The van der Waals surface area contributed by atoms with Crippen LogP contribution in [0.4, 0.5) is 5.82 Å². The Morgan fingerprint density at radius 3 is 2.80 bits per heavy atom. The zero-order chi connectivity index (χ0) is 14.2. The maximum absolute atomic E-state index is 12.3. The average molecular weight is 290 g/mol. The van der Waals surface area contributed by atoms with Crippen LogP contribution in [0, 0.1) is 0 Å². The Kier molecular flexibility index (Phi) is 3.07. The number of allylic oxidation sites excluding steroid dienone is 1. The molecule has 1 aromatic heterocycles. The van der Waals surface area contributed by atoms with Gasteiger partial charge in [-0.2, -0.15) is 8.42 Å². The number of hydrogen-bond donors (Lipinski definition) is 1. The molecule has 0 radical (unpaired) electrons. The second kappa shape index (κ2) is 4.77. The molecule has 2 heterocycles. The summed E-state index contributed by atoms with van der Waals surface area (Å²) >= 11 is 0. The van der Waals surface area contributed by atoms with Crippen molar-refractivity contribution in [2.24, 2.45) is 4.99 Å². The highest BCUT2D eigenvalue weighted by Crippen LogP contribution is 2.28. The molecule has 1 aromatic carbocycles. The number of rotatable bonds is 3. The molecule has 1 aliphatic rings. The van der Waals surface area contributed by atoms with Crippen LogP contribution in [-0.2, 0) is 10.2 Å². The molecule has 0 aliphatic carbocycles. The molecule has 1 aliphatic heterocycles. The second-order valence-corrected chi connectivity index (χ2v) is 6.04. The van der Waals surface area contributed by atoms with E-state index in [0.717, 1.165) is 5.39 Å². The standard InChI is InChI=1S/C13H14N4O2S/c1-14-20(18,19)17-12-6-3-2-5-11(12)9-13(17)16-8-4-7-15-10-16/h2-9,14H,10H2,1H3. The van der Waals surface area contributed by atoms with Gasteiger partial charge >= 0.3 is 10.2 Å². The van der Waals surface area contributed by atoms with E-state index in [2.05, 4.69) is 9.71 Å². The molecule has 0 unspecified atom stereocenters. The van der Waals surface area contributed by atoms with Gasteiger partial charge in [0.05, 0.1) is 5.52 Å². The number of nitrogens with zero attached hydrogens (tertiary/aromatic N) is 3. The van der Waals surface area contributed by atoms with E-state index in [4.69, 9.17) is 0 Å². The number of para-hydroxylation sites is 1. The highest BCUT2D eigenvalue weighted by Gasteiger charge is 2.22. The largest absolute Gasteiger partial charge is 0.313 e. The monoisotopic (exact) mass is 290 g/mol. The van der Waals surface area contributed by atoms with Gasteiger partial charge in [0.1, 0.15) is 12.5 Å². The summed E-state index contributed by atoms with van der Waals surface area (Å²) in [6, 6.07) is 9.21. The fourth-order valence-electron chi connectivity index (χ4n) is 2.19. The zero-order valence-electron chi connectivity index (χ0n) is 10.9. The first-order chi connectivity index (χ1) is 9.63. The number of nitrogens with one attached hydrogen (secondary N) is 1. The van der Waals surface area contributed by atoms with Gasteiger partial charge in [-0.1, -0.05) is 18.2 Å². The normalized spacial score (nSPS) is 15.2. The minimum atomic E-state index is -3.62. The molecular weight excluding hydrogens is 276 g/mol.